The van der Waals surface area contributed by atoms with Gasteiger partial charge < -0.3 is 5.32 Å². The van der Waals surface area contributed by atoms with Crippen molar-refractivity contribution in [1.82, 2.24) is 15.0 Å². The molecule has 1 fully saturated rings. The molecule has 1 unspecified atom stereocenters. The van der Waals surface area contributed by atoms with Gasteiger partial charge in [-0.05, 0) is 49.1 Å². The number of nitriles is 1. The molecule has 1 saturated carbocycles. The fourth-order valence-electron chi connectivity index (χ4n) is 3.37. The predicted molar refractivity (Wildman–Crippen MR) is 124 cm³/mol. The number of hydrogen-bond acceptors (Lipinski definition) is 7. The van der Waals surface area contributed by atoms with Crippen LogP contribution in [0.1, 0.15) is 43.4 Å². The van der Waals surface area contributed by atoms with Gasteiger partial charge in [-0.3, -0.25) is 14.5 Å². The number of carbonyl (C=O) groups excluding carboxylic acids is 1. The predicted octanol–water partition coefficient (Wildman–Crippen LogP) is 3.45. The van der Waals surface area contributed by atoms with E-state index in [-0.39, 0.29) is 11.9 Å². The van der Waals surface area contributed by atoms with Crippen LogP contribution >= 0.6 is 0 Å². The molecule has 1 atom stereocenters. The van der Waals surface area contributed by atoms with Gasteiger partial charge >= 0.3 is 0 Å². The minimum atomic E-state index is -3.49. The molecular formula is C23H22N6O3S. The molecule has 168 valence electrons. The van der Waals surface area contributed by atoms with E-state index in [9.17, 15) is 13.2 Å². The molecule has 2 N–H and O–H groups in total. The van der Waals surface area contributed by atoms with Gasteiger partial charge in [-0.1, -0.05) is 19.1 Å². The van der Waals surface area contributed by atoms with Crippen LogP contribution < -0.4 is 10.0 Å². The quantitative estimate of drug-likeness (QED) is 0.523. The highest BCUT2D eigenvalue weighted by Crippen LogP contribution is 2.29. The summed E-state index contributed by atoms with van der Waals surface area (Å²) in [5.41, 5.74) is 3.19. The Bertz CT molecular complexity index is 1310. The van der Waals surface area contributed by atoms with Crippen LogP contribution in [0.3, 0.4) is 0 Å². The van der Waals surface area contributed by atoms with Gasteiger partial charge in [0.15, 0.2) is 0 Å². The summed E-state index contributed by atoms with van der Waals surface area (Å²) in [5.74, 6) is -0.857. The number of rotatable bonds is 8. The lowest BCUT2D eigenvalue weighted by atomic mass is 10.0. The Hall–Kier alpha value is -3.84. The molecule has 4 rings (SSSR count). The summed E-state index contributed by atoms with van der Waals surface area (Å²) in [6, 6.07) is 12.6. The lowest BCUT2D eigenvalue weighted by Crippen LogP contribution is -2.23. The molecule has 1 amide bonds. The number of benzene rings is 1. The van der Waals surface area contributed by atoms with E-state index in [1.54, 1.807) is 30.5 Å². The van der Waals surface area contributed by atoms with Crippen LogP contribution in [0.4, 0.5) is 11.6 Å². The number of carbonyl (C=O) groups is 1. The average molecular weight is 463 g/mol. The normalized spacial score (nSPS) is 14.2. The Kier molecular flexibility index (Phi) is 6.33. The van der Waals surface area contributed by atoms with Crippen molar-refractivity contribution in [3.63, 3.8) is 0 Å². The first-order valence-electron chi connectivity index (χ1n) is 10.5. The van der Waals surface area contributed by atoms with Crippen LogP contribution in [0.2, 0.25) is 0 Å². The lowest BCUT2D eigenvalue weighted by Gasteiger charge is -2.16. The number of pyridine rings is 1. The molecule has 0 radical (unpaired) electrons. The molecule has 2 aromatic heterocycles. The van der Waals surface area contributed by atoms with Crippen LogP contribution in [0.15, 0.2) is 55.0 Å². The fourth-order valence-corrected chi connectivity index (χ4v) is 4.64. The maximum Gasteiger partial charge on any atom is 0.237 e. The first-order chi connectivity index (χ1) is 15.9. The molecule has 9 nitrogen and oxygen atoms in total. The Labute approximate surface area is 192 Å². The third-order valence-electron chi connectivity index (χ3n) is 5.31. The molecule has 0 aliphatic heterocycles. The van der Waals surface area contributed by atoms with Crippen LogP contribution in [-0.4, -0.2) is 34.5 Å². The number of amides is 1. The second-order valence-corrected chi connectivity index (χ2v) is 9.71. The molecule has 0 bridgehead atoms. The van der Waals surface area contributed by atoms with E-state index >= 15 is 0 Å². The minimum Gasteiger partial charge on any atom is -0.326 e. The highest BCUT2D eigenvalue weighted by molar-refractivity contribution is 7.93. The van der Waals surface area contributed by atoms with Crippen molar-refractivity contribution in [2.75, 3.05) is 10.0 Å². The standard InChI is InChI=1S/C23H22N6O3S/c1-2-20(21-9-10-26-23(28-21)29-33(31,32)19-7-8-19)22(30)27-18-5-3-16(4-6-18)17-11-15(12-24)13-25-14-17/h3-6,9-11,13-14,19-20H,2,7-8H2,1H3,(H,27,30)(H,26,28,29). The van der Waals surface area contributed by atoms with Crippen molar-refractivity contribution in [2.24, 2.45) is 0 Å². The Balaban J connectivity index is 1.47. The summed E-state index contributed by atoms with van der Waals surface area (Å²) < 4.78 is 26.7. The summed E-state index contributed by atoms with van der Waals surface area (Å²) in [6.07, 6.45) is 6.36. The zero-order valence-electron chi connectivity index (χ0n) is 17.9. The monoisotopic (exact) mass is 462 g/mol. The molecule has 0 saturated heterocycles. The Morgan fingerprint density at radius 2 is 1.94 bits per heavy atom. The fraction of sp³-hybridized carbons (Fsp3) is 0.261. The minimum absolute atomic E-state index is 0.0248. The molecule has 1 aromatic carbocycles. The van der Waals surface area contributed by atoms with Crippen molar-refractivity contribution < 1.29 is 13.2 Å². The van der Waals surface area contributed by atoms with Crippen LogP contribution in [-0.2, 0) is 14.8 Å². The van der Waals surface area contributed by atoms with E-state index in [1.807, 2.05) is 19.1 Å². The molecule has 0 spiro atoms. The number of hydrogen-bond donors (Lipinski definition) is 2. The summed E-state index contributed by atoms with van der Waals surface area (Å²) in [5, 5.41) is 11.5. The van der Waals surface area contributed by atoms with Gasteiger partial charge in [0.1, 0.15) is 6.07 Å². The van der Waals surface area contributed by atoms with Crippen molar-refractivity contribution in [1.29, 1.82) is 5.26 Å². The van der Waals surface area contributed by atoms with E-state index in [1.165, 1.54) is 12.4 Å². The molecule has 2 heterocycles. The second kappa shape index (κ2) is 9.34. The summed E-state index contributed by atoms with van der Waals surface area (Å²) in [6.45, 7) is 1.86. The van der Waals surface area contributed by atoms with E-state index in [2.05, 4.69) is 31.1 Å². The SMILES string of the molecule is CCC(C(=O)Nc1ccc(-c2cncc(C#N)c2)cc1)c1ccnc(NS(=O)(=O)C2CC2)n1. The zero-order chi connectivity index (χ0) is 23.4. The molecule has 3 aromatic rings. The van der Waals surface area contributed by atoms with Gasteiger partial charge in [-0.15, -0.1) is 0 Å². The highest BCUT2D eigenvalue weighted by atomic mass is 32.2. The van der Waals surface area contributed by atoms with Crippen molar-refractivity contribution >= 4 is 27.6 Å². The van der Waals surface area contributed by atoms with Gasteiger partial charge in [0.25, 0.3) is 0 Å². The largest absolute Gasteiger partial charge is 0.326 e. The molecule has 1 aliphatic carbocycles. The van der Waals surface area contributed by atoms with Crippen LogP contribution in [0.25, 0.3) is 11.1 Å². The van der Waals surface area contributed by atoms with Crippen molar-refractivity contribution in [3.05, 3.63) is 66.2 Å². The third kappa shape index (κ3) is 5.32. The number of anilines is 2. The van der Waals surface area contributed by atoms with Crippen molar-refractivity contribution in [2.45, 2.75) is 37.4 Å². The molecule has 10 heteroatoms. The summed E-state index contributed by atoms with van der Waals surface area (Å²) in [4.78, 5) is 25.3. The van der Waals surface area contributed by atoms with Gasteiger partial charge in [0.2, 0.25) is 21.9 Å². The maximum atomic E-state index is 12.9. The smallest absolute Gasteiger partial charge is 0.237 e. The third-order valence-corrected chi connectivity index (χ3v) is 7.12. The van der Waals surface area contributed by atoms with Gasteiger partial charge in [0.05, 0.1) is 22.4 Å². The van der Waals surface area contributed by atoms with E-state index in [0.29, 0.717) is 36.2 Å². The van der Waals surface area contributed by atoms with E-state index in [4.69, 9.17) is 5.26 Å². The first kappa shape index (κ1) is 22.4. The second-order valence-electron chi connectivity index (χ2n) is 7.75. The molecular weight excluding hydrogens is 440 g/mol. The zero-order valence-corrected chi connectivity index (χ0v) is 18.7. The number of aromatic nitrogens is 3. The van der Waals surface area contributed by atoms with Crippen LogP contribution in [0, 0.1) is 11.3 Å². The van der Waals surface area contributed by atoms with Crippen LogP contribution in [0.5, 0.6) is 0 Å². The summed E-state index contributed by atoms with van der Waals surface area (Å²) >= 11 is 0. The summed E-state index contributed by atoms with van der Waals surface area (Å²) in [7, 11) is -3.49. The molecule has 33 heavy (non-hydrogen) atoms. The van der Waals surface area contributed by atoms with Crippen molar-refractivity contribution in [3.8, 4) is 17.2 Å². The highest BCUT2D eigenvalue weighted by Gasteiger charge is 2.36. The Morgan fingerprint density at radius 3 is 2.61 bits per heavy atom. The van der Waals surface area contributed by atoms with Gasteiger partial charge in [-0.25, -0.2) is 18.4 Å². The van der Waals surface area contributed by atoms with E-state index in [0.717, 1.165) is 11.1 Å². The number of nitrogens with zero attached hydrogens (tertiary/aromatic N) is 4. The lowest BCUT2D eigenvalue weighted by molar-refractivity contribution is -0.117. The average Bonchev–Trinajstić information content (AvgIpc) is 3.66. The van der Waals surface area contributed by atoms with Gasteiger partial charge in [-0.2, -0.15) is 5.26 Å². The maximum absolute atomic E-state index is 12.9. The number of sulfonamides is 1. The van der Waals surface area contributed by atoms with E-state index < -0.39 is 21.2 Å². The topological polar surface area (TPSA) is 138 Å². The number of nitrogens with one attached hydrogen (secondary N) is 2. The molecule has 1 aliphatic rings. The Morgan fingerprint density at radius 1 is 1.18 bits per heavy atom. The van der Waals surface area contributed by atoms with Gasteiger partial charge in [0, 0.05) is 29.8 Å². The first-order valence-corrected chi connectivity index (χ1v) is 12.0.